The second-order valence-electron chi connectivity index (χ2n) is 9.31. The van der Waals surface area contributed by atoms with Gasteiger partial charge in [-0.15, -0.1) is 0 Å². The first kappa shape index (κ1) is 28.5. The maximum Gasteiger partial charge on any atom is 0.310 e. The minimum atomic E-state index is -1.16. The highest BCUT2D eigenvalue weighted by molar-refractivity contribution is 5.92. The average Bonchev–Trinajstić information content (AvgIpc) is 2.90. The van der Waals surface area contributed by atoms with Crippen LogP contribution in [-0.4, -0.2) is 54.0 Å². The number of nitrogens with one attached hydrogen (secondary N) is 2. The number of carbonyl (C=O) groups is 4. The summed E-state index contributed by atoms with van der Waals surface area (Å²) >= 11 is 0. The Labute approximate surface area is 222 Å². The normalized spacial score (nSPS) is 12.4. The van der Waals surface area contributed by atoms with Gasteiger partial charge in [-0.2, -0.15) is 0 Å². The highest BCUT2D eigenvalue weighted by Gasteiger charge is 2.23. The fraction of sp³-hybridized carbons (Fsp3) is 0.333. The van der Waals surface area contributed by atoms with Gasteiger partial charge in [0.15, 0.2) is 12.4 Å². The number of hydrogen-bond acceptors (Lipinski definition) is 6. The van der Waals surface area contributed by atoms with Gasteiger partial charge in [0.05, 0.1) is 18.9 Å². The summed E-state index contributed by atoms with van der Waals surface area (Å²) in [6, 6.07) is 21.8. The maximum absolute atomic E-state index is 12.7. The molecule has 3 aromatic rings. The van der Waals surface area contributed by atoms with Crippen molar-refractivity contribution in [2.75, 3.05) is 13.2 Å². The molecule has 0 heterocycles. The minimum Gasteiger partial charge on any atom is -0.481 e. The zero-order valence-corrected chi connectivity index (χ0v) is 21.5. The number of Topliss-reactive ketones (excluding diaryl/α,β-unsaturated/α-hetero) is 1. The molecule has 0 aliphatic heterocycles. The van der Waals surface area contributed by atoms with E-state index in [9.17, 15) is 24.3 Å². The van der Waals surface area contributed by atoms with Gasteiger partial charge >= 0.3 is 11.9 Å². The molecule has 0 aliphatic rings. The van der Waals surface area contributed by atoms with Crippen molar-refractivity contribution >= 4 is 34.4 Å². The molecule has 3 aromatic carbocycles. The molecule has 38 heavy (non-hydrogen) atoms. The second-order valence-corrected chi connectivity index (χ2v) is 9.31. The molecule has 0 aliphatic carbocycles. The number of hydrogen-bond donors (Lipinski definition) is 3. The Morgan fingerprint density at radius 3 is 2.39 bits per heavy atom. The number of carbonyl (C=O) groups excluding carboxylic acids is 3. The van der Waals surface area contributed by atoms with E-state index in [1.54, 1.807) is 6.92 Å². The van der Waals surface area contributed by atoms with Crippen LogP contribution in [0.5, 0.6) is 0 Å². The SMILES string of the molecule is CC(CNC(CC(=O)O)C(=O)COC(=O)Cc1cccc2ccccc12)NC(=O)CCCc1ccccc1. The molecule has 3 rings (SSSR count). The minimum absolute atomic E-state index is 0.000995. The van der Waals surface area contributed by atoms with Gasteiger partial charge in [0.25, 0.3) is 0 Å². The Hall–Kier alpha value is -4.04. The van der Waals surface area contributed by atoms with Crippen molar-refractivity contribution in [3.63, 3.8) is 0 Å². The summed E-state index contributed by atoms with van der Waals surface area (Å²) in [6.07, 6.45) is 1.41. The number of carboxylic acid groups (broad SMARTS) is 1. The second kappa shape index (κ2) is 14.6. The Bertz CT molecular complexity index is 1240. The zero-order chi connectivity index (χ0) is 27.3. The number of fused-ring (bicyclic) bond motifs is 1. The van der Waals surface area contributed by atoms with Crippen LogP contribution in [-0.2, 0) is 36.8 Å². The summed E-state index contributed by atoms with van der Waals surface area (Å²) in [4.78, 5) is 48.6. The third kappa shape index (κ3) is 9.44. The van der Waals surface area contributed by atoms with E-state index >= 15 is 0 Å². The van der Waals surface area contributed by atoms with Gasteiger partial charge in [0, 0.05) is 19.0 Å². The van der Waals surface area contributed by atoms with Crippen LogP contribution in [0.15, 0.2) is 72.8 Å². The van der Waals surface area contributed by atoms with E-state index in [4.69, 9.17) is 4.74 Å². The Kier molecular flexibility index (Phi) is 11.0. The first-order chi connectivity index (χ1) is 18.3. The van der Waals surface area contributed by atoms with Crippen LogP contribution in [0.3, 0.4) is 0 Å². The summed E-state index contributed by atoms with van der Waals surface area (Å²) in [5.74, 6) is -2.38. The summed E-state index contributed by atoms with van der Waals surface area (Å²) in [5.41, 5.74) is 1.96. The first-order valence-electron chi connectivity index (χ1n) is 12.7. The Morgan fingerprint density at radius 2 is 1.63 bits per heavy atom. The molecule has 0 bridgehead atoms. The van der Waals surface area contributed by atoms with E-state index in [0.717, 1.165) is 22.8 Å². The van der Waals surface area contributed by atoms with E-state index in [1.165, 1.54) is 5.56 Å². The van der Waals surface area contributed by atoms with Crippen LogP contribution in [0.4, 0.5) is 0 Å². The van der Waals surface area contributed by atoms with E-state index < -0.39 is 36.8 Å². The lowest BCUT2D eigenvalue weighted by molar-refractivity contribution is -0.148. The molecule has 8 nitrogen and oxygen atoms in total. The number of aryl methyl sites for hydroxylation is 1. The lowest BCUT2D eigenvalue weighted by atomic mass is 10.0. The van der Waals surface area contributed by atoms with Crippen LogP contribution in [0.25, 0.3) is 10.8 Å². The van der Waals surface area contributed by atoms with Crippen LogP contribution in [0.2, 0.25) is 0 Å². The van der Waals surface area contributed by atoms with Crippen LogP contribution in [0, 0.1) is 0 Å². The fourth-order valence-corrected chi connectivity index (χ4v) is 4.19. The van der Waals surface area contributed by atoms with Crippen molar-refractivity contribution in [3.05, 3.63) is 83.9 Å². The Balaban J connectivity index is 1.43. The van der Waals surface area contributed by atoms with E-state index in [1.807, 2.05) is 72.8 Å². The van der Waals surface area contributed by atoms with Crippen molar-refractivity contribution < 1.29 is 29.0 Å². The van der Waals surface area contributed by atoms with E-state index in [2.05, 4.69) is 10.6 Å². The van der Waals surface area contributed by atoms with Crippen molar-refractivity contribution in [3.8, 4) is 0 Å². The summed E-state index contributed by atoms with van der Waals surface area (Å²) in [7, 11) is 0. The summed E-state index contributed by atoms with van der Waals surface area (Å²) in [6.45, 7) is 1.43. The van der Waals surface area contributed by atoms with Crippen molar-refractivity contribution in [2.45, 2.75) is 51.1 Å². The molecule has 0 aromatic heterocycles. The predicted molar refractivity (Wildman–Crippen MR) is 145 cm³/mol. The van der Waals surface area contributed by atoms with Gasteiger partial charge in [-0.05, 0) is 41.7 Å². The number of esters is 1. The molecule has 0 radical (unpaired) electrons. The number of rotatable bonds is 15. The van der Waals surface area contributed by atoms with Gasteiger partial charge in [0.1, 0.15) is 0 Å². The molecule has 0 saturated carbocycles. The van der Waals surface area contributed by atoms with Crippen LogP contribution < -0.4 is 10.6 Å². The number of aliphatic carboxylic acids is 1. The standard InChI is InChI=1S/C30H34N2O6/c1-21(32-28(34)16-7-11-22-9-3-2-4-10-22)19-31-26(18-29(35)36)27(33)20-38-30(37)17-24-14-8-13-23-12-5-6-15-25(23)24/h2-6,8-10,12-15,21,26,31H,7,11,16-20H2,1H3,(H,32,34)(H,35,36). The van der Waals surface area contributed by atoms with E-state index in [-0.39, 0.29) is 24.9 Å². The van der Waals surface area contributed by atoms with Gasteiger partial charge in [-0.3, -0.25) is 19.2 Å². The predicted octanol–water partition coefficient (Wildman–Crippen LogP) is 3.46. The lowest BCUT2D eigenvalue weighted by Crippen LogP contribution is -2.47. The maximum atomic E-state index is 12.7. The summed E-state index contributed by atoms with van der Waals surface area (Å²) < 4.78 is 5.18. The van der Waals surface area contributed by atoms with Crippen LogP contribution >= 0.6 is 0 Å². The molecule has 3 N–H and O–H groups in total. The Morgan fingerprint density at radius 1 is 0.921 bits per heavy atom. The molecular formula is C30H34N2O6. The molecule has 0 spiro atoms. The number of ether oxygens (including phenoxy) is 1. The highest BCUT2D eigenvalue weighted by atomic mass is 16.5. The monoisotopic (exact) mass is 518 g/mol. The number of benzene rings is 3. The number of amides is 1. The van der Waals surface area contributed by atoms with E-state index in [0.29, 0.717) is 12.8 Å². The van der Waals surface area contributed by atoms with Gasteiger partial charge < -0.3 is 20.5 Å². The molecular weight excluding hydrogens is 484 g/mol. The smallest absolute Gasteiger partial charge is 0.310 e. The third-order valence-corrected chi connectivity index (χ3v) is 6.15. The topological polar surface area (TPSA) is 122 Å². The fourth-order valence-electron chi connectivity index (χ4n) is 4.19. The largest absolute Gasteiger partial charge is 0.481 e. The third-order valence-electron chi connectivity index (χ3n) is 6.15. The average molecular weight is 519 g/mol. The highest BCUT2D eigenvalue weighted by Crippen LogP contribution is 2.19. The molecule has 2 unspecified atom stereocenters. The zero-order valence-electron chi connectivity index (χ0n) is 21.5. The molecule has 0 fully saturated rings. The van der Waals surface area contributed by atoms with Crippen LogP contribution in [0.1, 0.15) is 37.3 Å². The van der Waals surface area contributed by atoms with Crippen molar-refractivity contribution in [1.29, 1.82) is 0 Å². The van der Waals surface area contributed by atoms with Crippen molar-refractivity contribution in [2.24, 2.45) is 0 Å². The first-order valence-corrected chi connectivity index (χ1v) is 12.7. The summed E-state index contributed by atoms with van der Waals surface area (Å²) in [5, 5.41) is 16.9. The van der Waals surface area contributed by atoms with Gasteiger partial charge in [-0.25, -0.2) is 0 Å². The lowest BCUT2D eigenvalue weighted by Gasteiger charge is -2.20. The molecule has 1 amide bonds. The van der Waals surface area contributed by atoms with Gasteiger partial charge in [0.2, 0.25) is 5.91 Å². The molecule has 2 atom stereocenters. The molecule has 0 saturated heterocycles. The molecule has 8 heteroatoms. The van der Waals surface area contributed by atoms with Gasteiger partial charge in [-0.1, -0.05) is 72.8 Å². The van der Waals surface area contributed by atoms with Crippen molar-refractivity contribution in [1.82, 2.24) is 10.6 Å². The number of carboxylic acids is 1. The number of ketones is 1. The quantitative estimate of drug-likeness (QED) is 0.264. The molecule has 200 valence electrons.